The maximum Gasteiger partial charge on any atom is 0.253 e. The molecule has 7 heteroatoms. The second-order valence-electron chi connectivity index (χ2n) is 6.53. The molecule has 0 radical (unpaired) electrons. The normalized spacial score (nSPS) is 15.3. The number of hydrogen-bond acceptors (Lipinski definition) is 4. The van der Waals surface area contributed by atoms with Crippen LogP contribution in [0.3, 0.4) is 0 Å². The van der Waals surface area contributed by atoms with Crippen molar-refractivity contribution in [3.63, 3.8) is 0 Å². The highest BCUT2D eigenvalue weighted by atomic mass is 19.1. The lowest BCUT2D eigenvalue weighted by atomic mass is 10.1. The number of aromatic nitrogens is 3. The van der Waals surface area contributed by atoms with Gasteiger partial charge >= 0.3 is 0 Å². The molecule has 134 valence electrons. The van der Waals surface area contributed by atoms with Gasteiger partial charge in [-0.2, -0.15) is 0 Å². The van der Waals surface area contributed by atoms with Crippen LogP contribution in [0.1, 0.15) is 22.3 Å². The number of aromatic amines is 1. The first-order chi connectivity index (χ1) is 12.6. The van der Waals surface area contributed by atoms with Gasteiger partial charge in [-0.3, -0.25) is 4.79 Å². The fourth-order valence-electron chi connectivity index (χ4n) is 3.40. The first kappa shape index (κ1) is 16.5. The second-order valence-corrected chi connectivity index (χ2v) is 6.53. The Morgan fingerprint density at radius 1 is 1.15 bits per heavy atom. The SMILES string of the molecule is Cc1cc(C(=O)N2CCCN(c3ncnc4[nH]ccc34)CC2)ccc1F. The van der Waals surface area contributed by atoms with E-state index in [1.165, 1.54) is 6.07 Å². The number of amides is 1. The van der Waals surface area contributed by atoms with E-state index in [2.05, 4.69) is 19.9 Å². The first-order valence-electron chi connectivity index (χ1n) is 8.72. The van der Waals surface area contributed by atoms with E-state index in [1.807, 2.05) is 17.2 Å². The molecule has 6 nitrogen and oxygen atoms in total. The van der Waals surface area contributed by atoms with Crippen molar-refractivity contribution in [2.45, 2.75) is 13.3 Å². The minimum absolute atomic E-state index is 0.0515. The number of nitrogens with zero attached hydrogens (tertiary/aromatic N) is 4. The van der Waals surface area contributed by atoms with Crippen LogP contribution >= 0.6 is 0 Å². The Hall–Kier alpha value is -2.96. The van der Waals surface area contributed by atoms with E-state index < -0.39 is 0 Å². The number of carbonyl (C=O) groups excluding carboxylic acids is 1. The number of fused-ring (bicyclic) bond motifs is 1. The van der Waals surface area contributed by atoms with Crippen LogP contribution in [0.5, 0.6) is 0 Å². The third-order valence-corrected chi connectivity index (χ3v) is 4.82. The second kappa shape index (κ2) is 6.74. The topological polar surface area (TPSA) is 65.1 Å². The summed E-state index contributed by atoms with van der Waals surface area (Å²) in [5.74, 6) is 0.551. The van der Waals surface area contributed by atoms with E-state index in [4.69, 9.17) is 0 Å². The summed E-state index contributed by atoms with van der Waals surface area (Å²) in [6, 6.07) is 6.51. The summed E-state index contributed by atoms with van der Waals surface area (Å²) in [5, 5.41) is 0.987. The van der Waals surface area contributed by atoms with Crippen LogP contribution in [0.25, 0.3) is 11.0 Å². The Morgan fingerprint density at radius 2 is 2.04 bits per heavy atom. The predicted octanol–water partition coefficient (Wildman–Crippen LogP) is 2.76. The lowest BCUT2D eigenvalue weighted by molar-refractivity contribution is 0.0767. The molecule has 1 N–H and O–H groups in total. The van der Waals surface area contributed by atoms with Crippen molar-refractivity contribution in [3.05, 3.63) is 53.7 Å². The standard InChI is InChI=1S/C19H20FN5O/c1-13-11-14(3-4-16(13)20)19(26)25-8-2-7-24(9-10-25)18-15-5-6-21-17(15)22-12-23-18/h3-6,11-12H,2,7-10H2,1H3,(H,21,22,23). The van der Waals surface area contributed by atoms with E-state index >= 15 is 0 Å². The maximum atomic E-state index is 13.5. The van der Waals surface area contributed by atoms with Gasteiger partial charge in [0, 0.05) is 37.9 Å². The number of halogens is 1. The summed E-state index contributed by atoms with van der Waals surface area (Å²) in [5.41, 5.74) is 1.84. The average molecular weight is 353 g/mol. The molecule has 1 aliphatic rings. The van der Waals surface area contributed by atoms with Crippen molar-refractivity contribution in [2.24, 2.45) is 0 Å². The highest BCUT2D eigenvalue weighted by Crippen LogP contribution is 2.23. The lowest BCUT2D eigenvalue weighted by Gasteiger charge is -2.23. The van der Waals surface area contributed by atoms with Crippen LogP contribution in [0.15, 0.2) is 36.8 Å². The van der Waals surface area contributed by atoms with E-state index in [0.717, 1.165) is 29.8 Å². The van der Waals surface area contributed by atoms with Gasteiger partial charge in [-0.25, -0.2) is 14.4 Å². The van der Waals surface area contributed by atoms with Crippen molar-refractivity contribution in [3.8, 4) is 0 Å². The van der Waals surface area contributed by atoms with Crippen LogP contribution in [0.4, 0.5) is 10.2 Å². The van der Waals surface area contributed by atoms with Gasteiger partial charge in [0.1, 0.15) is 23.6 Å². The highest BCUT2D eigenvalue weighted by Gasteiger charge is 2.22. The molecule has 0 spiro atoms. The summed E-state index contributed by atoms with van der Waals surface area (Å²) in [7, 11) is 0. The number of carbonyl (C=O) groups is 1. The lowest BCUT2D eigenvalue weighted by Crippen LogP contribution is -2.35. The third kappa shape index (κ3) is 3.00. The predicted molar refractivity (Wildman–Crippen MR) is 97.8 cm³/mol. The van der Waals surface area contributed by atoms with Crippen molar-refractivity contribution in [1.29, 1.82) is 0 Å². The van der Waals surface area contributed by atoms with E-state index in [0.29, 0.717) is 30.8 Å². The molecule has 1 amide bonds. The molecule has 26 heavy (non-hydrogen) atoms. The van der Waals surface area contributed by atoms with Gasteiger partial charge in [0.2, 0.25) is 0 Å². The van der Waals surface area contributed by atoms with Gasteiger partial charge in [0.05, 0.1) is 5.39 Å². The van der Waals surface area contributed by atoms with Crippen LogP contribution in [0.2, 0.25) is 0 Å². The van der Waals surface area contributed by atoms with Gasteiger partial charge in [-0.05, 0) is 43.2 Å². The van der Waals surface area contributed by atoms with Crippen molar-refractivity contribution >= 4 is 22.8 Å². The number of hydrogen-bond donors (Lipinski definition) is 1. The van der Waals surface area contributed by atoms with E-state index in [9.17, 15) is 9.18 Å². The third-order valence-electron chi connectivity index (χ3n) is 4.82. The quantitative estimate of drug-likeness (QED) is 0.769. The van der Waals surface area contributed by atoms with Crippen LogP contribution < -0.4 is 4.90 Å². The molecular formula is C19H20FN5O. The minimum atomic E-state index is -0.289. The Morgan fingerprint density at radius 3 is 2.88 bits per heavy atom. The van der Waals surface area contributed by atoms with E-state index in [-0.39, 0.29) is 11.7 Å². The summed E-state index contributed by atoms with van der Waals surface area (Å²) >= 11 is 0. The summed E-state index contributed by atoms with van der Waals surface area (Å²) in [6.45, 7) is 4.47. The van der Waals surface area contributed by atoms with Gasteiger partial charge in [0.25, 0.3) is 5.91 Å². The van der Waals surface area contributed by atoms with Crippen molar-refractivity contribution in [2.75, 3.05) is 31.1 Å². The smallest absolute Gasteiger partial charge is 0.253 e. The zero-order valence-corrected chi connectivity index (χ0v) is 14.6. The van der Waals surface area contributed by atoms with Gasteiger partial charge in [-0.15, -0.1) is 0 Å². The molecule has 0 bridgehead atoms. The number of H-pyrrole nitrogens is 1. The average Bonchev–Trinajstić information content (AvgIpc) is 3.00. The van der Waals surface area contributed by atoms with Crippen LogP contribution in [0, 0.1) is 12.7 Å². The monoisotopic (exact) mass is 353 g/mol. The van der Waals surface area contributed by atoms with Crippen LogP contribution in [-0.4, -0.2) is 51.9 Å². The molecule has 4 rings (SSSR count). The largest absolute Gasteiger partial charge is 0.354 e. The van der Waals surface area contributed by atoms with Crippen molar-refractivity contribution < 1.29 is 9.18 Å². The number of benzene rings is 1. The fourth-order valence-corrected chi connectivity index (χ4v) is 3.40. The molecule has 0 unspecified atom stereocenters. The molecule has 2 aromatic heterocycles. The van der Waals surface area contributed by atoms with Crippen LogP contribution in [-0.2, 0) is 0 Å². The molecule has 1 aliphatic heterocycles. The number of anilines is 1. The zero-order chi connectivity index (χ0) is 18.1. The molecule has 0 aliphatic carbocycles. The van der Waals surface area contributed by atoms with Gasteiger partial charge < -0.3 is 14.8 Å². The van der Waals surface area contributed by atoms with E-state index in [1.54, 1.807) is 25.4 Å². The maximum absolute atomic E-state index is 13.5. The number of aryl methyl sites for hydroxylation is 1. The summed E-state index contributed by atoms with van der Waals surface area (Å²) < 4.78 is 13.5. The molecule has 1 aromatic carbocycles. The number of nitrogens with one attached hydrogen (secondary N) is 1. The molecule has 1 saturated heterocycles. The van der Waals surface area contributed by atoms with Crippen molar-refractivity contribution in [1.82, 2.24) is 19.9 Å². The molecule has 3 aromatic rings. The molecular weight excluding hydrogens is 333 g/mol. The Labute approximate surface area is 150 Å². The van der Waals surface area contributed by atoms with Gasteiger partial charge in [0.15, 0.2) is 0 Å². The zero-order valence-electron chi connectivity index (χ0n) is 14.6. The Bertz CT molecular complexity index is 954. The first-order valence-corrected chi connectivity index (χ1v) is 8.72. The number of rotatable bonds is 2. The minimum Gasteiger partial charge on any atom is -0.354 e. The Kier molecular flexibility index (Phi) is 4.28. The highest BCUT2D eigenvalue weighted by molar-refractivity contribution is 5.94. The summed E-state index contributed by atoms with van der Waals surface area (Å²) in [6.07, 6.45) is 4.26. The van der Waals surface area contributed by atoms with Gasteiger partial charge in [-0.1, -0.05) is 0 Å². The summed E-state index contributed by atoms with van der Waals surface area (Å²) in [4.78, 5) is 28.6. The molecule has 3 heterocycles. The Balaban J connectivity index is 1.52. The molecule has 0 atom stereocenters. The molecule has 0 saturated carbocycles. The fraction of sp³-hybridized carbons (Fsp3) is 0.316. The molecule has 1 fully saturated rings.